The third kappa shape index (κ3) is 5.44. The highest BCUT2D eigenvalue weighted by molar-refractivity contribution is 7.99. The van der Waals surface area contributed by atoms with E-state index < -0.39 is 0 Å². The molecule has 0 aliphatic rings. The molecule has 8 nitrogen and oxygen atoms in total. The Labute approximate surface area is 189 Å². The number of pyridine rings is 1. The molecule has 0 atom stereocenters. The van der Waals surface area contributed by atoms with E-state index in [2.05, 4.69) is 30.7 Å². The number of hydrogen-bond acceptors (Lipinski definition) is 7. The van der Waals surface area contributed by atoms with Crippen LogP contribution in [0.3, 0.4) is 0 Å². The lowest BCUT2D eigenvalue weighted by atomic mass is 10.2. The smallest absolute Gasteiger partial charge is 0.234 e. The van der Waals surface area contributed by atoms with Crippen LogP contribution in [-0.2, 0) is 11.3 Å². The Morgan fingerprint density at radius 2 is 1.62 bits per heavy atom. The van der Waals surface area contributed by atoms with Crippen LogP contribution >= 0.6 is 11.8 Å². The molecule has 1 N–H and O–H groups in total. The van der Waals surface area contributed by atoms with Crippen molar-refractivity contribution in [2.75, 3.05) is 11.1 Å². The van der Waals surface area contributed by atoms with Gasteiger partial charge in [0.05, 0.1) is 17.1 Å². The molecule has 2 heterocycles. The number of nitrogens with one attached hydrogen (secondary N) is 1. The molecule has 0 saturated carbocycles. The summed E-state index contributed by atoms with van der Waals surface area (Å²) in [5.74, 6) is 0.868. The third-order valence-corrected chi connectivity index (χ3v) is 5.46. The van der Waals surface area contributed by atoms with Gasteiger partial charge in [-0.25, -0.2) is 0 Å². The SMILES string of the molecule is CCn1c(SCC(=O)Nc2ccc(N=Nc3ccccc3)cc2)nnc1-c1ccncc1. The quantitative estimate of drug-likeness (QED) is 0.286. The van der Waals surface area contributed by atoms with E-state index in [1.54, 1.807) is 24.5 Å². The number of benzene rings is 2. The van der Waals surface area contributed by atoms with Gasteiger partial charge in [-0.05, 0) is 55.5 Å². The van der Waals surface area contributed by atoms with Gasteiger partial charge in [0, 0.05) is 30.2 Å². The van der Waals surface area contributed by atoms with Crippen LogP contribution in [0.15, 0.2) is 94.5 Å². The van der Waals surface area contributed by atoms with E-state index in [1.165, 1.54) is 11.8 Å². The monoisotopic (exact) mass is 443 g/mol. The zero-order chi connectivity index (χ0) is 22.2. The average molecular weight is 444 g/mol. The van der Waals surface area contributed by atoms with Gasteiger partial charge in [-0.1, -0.05) is 30.0 Å². The van der Waals surface area contributed by atoms with Gasteiger partial charge in [0.25, 0.3) is 0 Å². The van der Waals surface area contributed by atoms with Crippen molar-refractivity contribution in [1.82, 2.24) is 19.7 Å². The topological polar surface area (TPSA) is 97.4 Å². The van der Waals surface area contributed by atoms with Crippen LogP contribution in [0.1, 0.15) is 6.92 Å². The fourth-order valence-corrected chi connectivity index (χ4v) is 3.75. The van der Waals surface area contributed by atoms with Crippen LogP contribution in [0, 0.1) is 0 Å². The summed E-state index contributed by atoms with van der Waals surface area (Å²) in [4.78, 5) is 16.5. The molecule has 0 aliphatic carbocycles. The van der Waals surface area contributed by atoms with E-state index in [9.17, 15) is 4.79 Å². The molecule has 0 saturated heterocycles. The van der Waals surface area contributed by atoms with E-state index in [0.717, 1.165) is 17.1 Å². The Morgan fingerprint density at radius 1 is 0.938 bits per heavy atom. The lowest BCUT2D eigenvalue weighted by Crippen LogP contribution is -2.14. The number of rotatable bonds is 8. The molecule has 0 spiro atoms. The van der Waals surface area contributed by atoms with Crippen LogP contribution in [0.2, 0.25) is 0 Å². The van der Waals surface area contributed by atoms with Crippen molar-refractivity contribution in [3.63, 3.8) is 0 Å². The number of carbonyl (C=O) groups excluding carboxylic acids is 1. The zero-order valence-electron chi connectivity index (χ0n) is 17.4. The first kappa shape index (κ1) is 21.4. The number of amides is 1. The van der Waals surface area contributed by atoms with Gasteiger partial charge in [0.2, 0.25) is 5.91 Å². The van der Waals surface area contributed by atoms with Crippen molar-refractivity contribution in [3.05, 3.63) is 79.1 Å². The number of aromatic nitrogens is 4. The molecule has 0 aliphatic heterocycles. The summed E-state index contributed by atoms with van der Waals surface area (Å²) in [6.45, 7) is 2.72. The molecular formula is C23H21N7OS. The lowest BCUT2D eigenvalue weighted by Gasteiger charge is -2.08. The van der Waals surface area contributed by atoms with Crippen molar-refractivity contribution in [3.8, 4) is 11.4 Å². The van der Waals surface area contributed by atoms with Gasteiger partial charge in [-0.3, -0.25) is 9.78 Å². The number of hydrogen-bond donors (Lipinski definition) is 1. The van der Waals surface area contributed by atoms with Crippen LogP contribution in [0.25, 0.3) is 11.4 Å². The fourth-order valence-electron chi connectivity index (χ4n) is 2.94. The summed E-state index contributed by atoms with van der Waals surface area (Å²) in [7, 11) is 0. The maximum Gasteiger partial charge on any atom is 0.234 e. The summed E-state index contributed by atoms with van der Waals surface area (Å²) in [5.41, 5.74) is 3.13. The Bertz CT molecular complexity index is 1190. The van der Waals surface area contributed by atoms with Crippen LogP contribution in [0.5, 0.6) is 0 Å². The van der Waals surface area contributed by atoms with Crippen molar-refractivity contribution in [1.29, 1.82) is 0 Å². The summed E-state index contributed by atoms with van der Waals surface area (Å²) in [6, 6.07) is 20.5. The normalized spacial score (nSPS) is 11.0. The molecule has 0 fully saturated rings. The second-order valence-corrected chi connectivity index (χ2v) is 7.65. The first-order valence-corrected chi connectivity index (χ1v) is 11.0. The van der Waals surface area contributed by atoms with Gasteiger partial charge in [0.1, 0.15) is 0 Å². The molecule has 160 valence electrons. The molecule has 2 aromatic heterocycles. The fraction of sp³-hybridized carbons (Fsp3) is 0.130. The third-order valence-electron chi connectivity index (χ3n) is 4.49. The van der Waals surface area contributed by atoms with Gasteiger partial charge in [-0.2, -0.15) is 10.2 Å². The molecule has 2 aromatic carbocycles. The minimum absolute atomic E-state index is 0.121. The van der Waals surface area contributed by atoms with Gasteiger partial charge < -0.3 is 9.88 Å². The zero-order valence-corrected chi connectivity index (χ0v) is 18.2. The summed E-state index contributed by atoms with van der Waals surface area (Å²) in [5, 5.41) is 20.5. The Kier molecular flexibility index (Phi) is 6.98. The first-order chi connectivity index (χ1) is 15.7. The molecule has 0 radical (unpaired) electrons. The molecule has 4 rings (SSSR count). The molecular weight excluding hydrogens is 422 g/mol. The Balaban J connectivity index is 1.33. The summed E-state index contributed by atoms with van der Waals surface area (Å²) < 4.78 is 1.99. The van der Waals surface area contributed by atoms with Crippen LogP contribution in [0.4, 0.5) is 17.1 Å². The largest absolute Gasteiger partial charge is 0.325 e. The molecule has 4 aromatic rings. The highest BCUT2D eigenvalue weighted by Crippen LogP contribution is 2.24. The Hall–Kier alpha value is -3.85. The predicted molar refractivity (Wildman–Crippen MR) is 125 cm³/mol. The van der Waals surface area contributed by atoms with Crippen LogP contribution in [-0.4, -0.2) is 31.4 Å². The summed E-state index contributed by atoms with van der Waals surface area (Å²) >= 11 is 1.35. The maximum atomic E-state index is 12.4. The minimum atomic E-state index is -0.121. The molecule has 0 unspecified atom stereocenters. The van der Waals surface area contributed by atoms with Crippen LogP contribution < -0.4 is 5.32 Å². The lowest BCUT2D eigenvalue weighted by molar-refractivity contribution is -0.113. The van der Waals surface area contributed by atoms with Crippen molar-refractivity contribution in [2.24, 2.45) is 10.2 Å². The van der Waals surface area contributed by atoms with Gasteiger partial charge >= 0.3 is 0 Å². The summed E-state index contributed by atoms with van der Waals surface area (Å²) in [6.07, 6.45) is 3.44. The molecule has 9 heteroatoms. The first-order valence-electron chi connectivity index (χ1n) is 10.1. The predicted octanol–water partition coefficient (Wildman–Crippen LogP) is 5.51. The van der Waals surface area contributed by atoms with E-state index >= 15 is 0 Å². The molecule has 1 amide bonds. The standard InChI is InChI=1S/C23H21N7OS/c1-2-30-22(17-12-14-24-15-13-17)28-29-23(30)32-16-21(31)25-18-8-10-20(11-9-18)27-26-19-6-4-3-5-7-19/h3-15H,2,16H2,1H3,(H,25,31). The second-order valence-electron chi connectivity index (χ2n) is 6.71. The minimum Gasteiger partial charge on any atom is -0.325 e. The van der Waals surface area contributed by atoms with Crippen molar-refractivity contribution >= 4 is 34.7 Å². The van der Waals surface area contributed by atoms with Crippen molar-refractivity contribution < 1.29 is 4.79 Å². The molecule has 0 bridgehead atoms. The van der Waals surface area contributed by atoms with Gasteiger partial charge in [0.15, 0.2) is 11.0 Å². The van der Waals surface area contributed by atoms with E-state index in [-0.39, 0.29) is 11.7 Å². The van der Waals surface area contributed by atoms with E-state index in [1.807, 2.05) is 66.1 Å². The number of nitrogens with zero attached hydrogens (tertiary/aromatic N) is 6. The second kappa shape index (κ2) is 10.5. The number of azo groups is 1. The number of carbonyl (C=O) groups is 1. The van der Waals surface area contributed by atoms with Crippen molar-refractivity contribution in [2.45, 2.75) is 18.6 Å². The number of thioether (sulfide) groups is 1. The number of anilines is 1. The average Bonchev–Trinajstić information content (AvgIpc) is 3.26. The van der Waals surface area contributed by atoms with E-state index in [0.29, 0.717) is 23.1 Å². The highest BCUT2D eigenvalue weighted by atomic mass is 32.2. The molecule has 32 heavy (non-hydrogen) atoms. The highest BCUT2D eigenvalue weighted by Gasteiger charge is 2.14. The maximum absolute atomic E-state index is 12.4. The van der Waals surface area contributed by atoms with Gasteiger partial charge in [-0.15, -0.1) is 10.2 Å². The van der Waals surface area contributed by atoms with E-state index in [4.69, 9.17) is 0 Å². The Morgan fingerprint density at radius 3 is 2.31 bits per heavy atom.